The zero-order valence-electron chi connectivity index (χ0n) is 8.43. The van der Waals surface area contributed by atoms with E-state index >= 15 is 0 Å². The van der Waals surface area contributed by atoms with E-state index in [4.69, 9.17) is 14.0 Å². The Morgan fingerprint density at radius 2 is 2.07 bits per heavy atom. The number of hydrogen-bond acceptors (Lipinski definition) is 4. The minimum atomic E-state index is -4.29. The lowest BCUT2D eigenvalue weighted by atomic mass is 10.3. The predicted molar refractivity (Wildman–Crippen MR) is 54.0 cm³/mol. The number of ether oxygens (including phenoxy) is 2. The lowest BCUT2D eigenvalue weighted by Crippen LogP contribution is -2.04. The summed E-state index contributed by atoms with van der Waals surface area (Å²) in [6.45, 7) is 1.99. The quantitative estimate of drug-likeness (QED) is 0.793. The molecule has 0 amide bonds. The molecule has 84 valence electrons. The van der Waals surface area contributed by atoms with E-state index in [2.05, 4.69) is 0 Å². The Labute approximate surface area is 88.4 Å². The maximum atomic E-state index is 11.0. The fourth-order valence-corrected chi connectivity index (χ4v) is 1.79. The average molecular weight is 232 g/mol. The average Bonchev–Trinajstić information content (AvgIpc) is 2.17. The van der Waals surface area contributed by atoms with E-state index < -0.39 is 10.1 Å². The van der Waals surface area contributed by atoms with Crippen molar-refractivity contribution < 1.29 is 22.4 Å². The van der Waals surface area contributed by atoms with Crippen LogP contribution in [0.5, 0.6) is 11.5 Å². The molecule has 1 aromatic rings. The summed E-state index contributed by atoms with van der Waals surface area (Å²) in [4.78, 5) is -0.288. The predicted octanol–water partition coefficient (Wildman–Crippen LogP) is 1.34. The van der Waals surface area contributed by atoms with Crippen molar-refractivity contribution in [3.63, 3.8) is 0 Å². The smallest absolute Gasteiger partial charge is 0.298 e. The van der Waals surface area contributed by atoms with E-state index in [1.165, 1.54) is 19.2 Å². The summed E-state index contributed by atoms with van der Waals surface area (Å²) in [6, 6.07) is 4.27. The second-order valence-electron chi connectivity index (χ2n) is 2.70. The molecule has 0 aromatic heterocycles. The summed E-state index contributed by atoms with van der Waals surface area (Å²) >= 11 is 0. The van der Waals surface area contributed by atoms with Gasteiger partial charge in [0, 0.05) is 0 Å². The van der Waals surface area contributed by atoms with E-state index in [0.29, 0.717) is 0 Å². The van der Waals surface area contributed by atoms with Gasteiger partial charge in [-0.2, -0.15) is 8.42 Å². The normalized spacial score (nSPS) is 11.1. The number of hydrogen-bond donors (Lipinski definition) is 1. The van der Waals surface area contributed by atoms with Gasteiger partial charge in [0.15, 0.2) is 11.5 Å². The molecule has 1 N–H and O–H groups in total. The zero-order chi connectivity index (χ0) is 11.5. The molecule has 0 saturated carbocycles. The lowest BCUT2D eigenvalue weighted by Gasteiger charge is -2.11. The number of rotatable bonds is 4. The van der Waals surface area contributed by atoms with Gasteiger partial charge in [-0.25, -0.2) is 0 Å². The molecule has 0 aliphatic heterocycles. The molecule has 6 heteroatoms. The van der Waals surface area contributed by atoms with Crippen LogP contribution in [0.1, 0.15) is 6.92 Å². The van der Waals surface area contributed by atoms with Gasteiger partial charge in [-0.05, 0) is 19.1 Å². The van der Waals surface area contributed by atoms with Crippen molar-refractivity contribution in [2.45, 2.75) is 11.8 Å². The van der Waals surface area contributed by atoms with Gasteiger partial charge < -0.3 is 9.47 Å². The Balaban J connectivity index is 3.38. The zero-order valence-corrected chi connectivity index (χ0v) is 9.24. The van der Waals surface area contributed by atoms with Crippen molar-refractivity contribution in [1.29, 1.82) is 0 Å². The molecule has 0 heterocycles. The van der Waals surface area contributed by atoms with Gasteiger partial charge in [0.05, 0.1) is 13.7 Å². The van der Waals surface area contributed by atoms with Crippen molar-refractivity contribution in [2.75, 3.05) is 13.7 Å². The van der Waals surface area contributed by atoms with Gasteiger partial charge >= 0.3 is 0 Å². The van der Waals surface area contributed by atoms with Crippen molar-refractivity contribution in [3.8, 4) is 11.5 Å². The highest BCUT2D eigenvalue weighted by molar-refractivity contribution is 7.86. The summed E-state index contributed by atoms with van der Waals surface area (Å²) in [6.07, 6.45) is 0. The second-order valence-corrected chi connectivity index (χ2v) is 4.09. The molecule has 0 atom stereocenters. The van der Waals surface area contributed by atoms with Crippen LogP contribution < -0.4 is 9.47 Å². The van der Waals surface area contributed by atoms with Crippen LogP contribution in [0.4, 0.5) is 0 Å². The topological polar surface area (TPSA) is 72.8 Å². The summed E-state index contributed by atoms with van der Waals surface area (Å²) < 4.78 is 41.0. The summed E-state index contributed by atoms with van der Waals surface area (Å²) in [5.74, 6) is 0.303. The maximum absolute atomic E-state index is 11.0. The molecule has 0 aliphatic rings. The Morgan fingerprint density at radius 1 is 1.40 bits per heavy atom. The standard InChI is InChI=1S/C9H12O5S/c1-3-14-9-7(13-2)5-4-6-8(9)15(10,11)12/h4-6H,3H2,1-2H3,(H,10,11,12). The molecule has 0 unspecified atom stereocenters. The number of methoxy groups -OCH3 is 1. The van der Waals surface area contributed by atoms with Crippen LogP contribution in [0, 0.1) is 0 Å². The van der Waals surface area contributed by atoms with Crippen LogP contribution in [-0.2, 0) is 10.1 Å². The van der Waals surface area contributed by atoms with Gasteiger partial charge in [-0.1, -0.05) is 6.07 Å². The minimum absolute atomic E-state index is 0.0324. The molecule has 0 saturated heterocycles. The molecule has 1 aromatic carbocycles. The van der Waals surface area contributed by atoms with Crippen LogP contribution in [-0.4, -0.2) is 26.7 Å². The SMILES string of the molecule is CCOc1c(OC)cccc1S(=O)(=O)O. The third kappa shape index (κ3) is 2.60. The van der Waals surface area contributed by atoms with Crippen molar-refractivity contribution in [2.24, 2.45) is 0 Å². The minimum Gasteiger partial charge on any atom is -0.493 e. The van der Waals surface area contributed by atoms with Gasteiger partial charge in [0.25, 0.3) is 10.1 Å². The molecule has 0 spiro atoms. The Bertz CT molecular complexity index is 438. The van der Waals surface area contributed by atoms with E-state index in [1.807, 2.05) is 0 Å². The fraction of sp³-hybridized carbons (Fsp3) is 0.333. The van der Waals surface area contributed by atoms with E-state index in [0.717, 1.165) is 0 Å². The Morgan fingerprint density at radius 3 is 2.53 bits per heavy atom. The molecule has 5 nitrogen and oxygen atoms in total. The van der Waals surface area contributed by atoms with E-state index in [9.17, 15) is 8.42 Å². The van der Waals surface area contributed by atoms with Gasteiger partial charge in [-0.3, -0.25) is 4.55 Å². The van der Waals surface area contributed by atoms with Crippen molar-refractivity contribution in [3.05, 3.63) is 18.2 Å². The first-order valence-electron chi connectivity index (χ1n) is 4.28. The van der Waals surface area contributed by atoms with Crippen LogP contribution in [0.3, 0.4) is 0 Å². The largest absolute Gasteiger partial charge is 0.493 e. The lowest BCUT2D eigenvalue weighted by molar-refractivity contribution is 0.301. The molecule has 15 heavy (non-hydrogen) atoms. The monoisotopic (exact) mass is 232 g/mol. The Hall–Kier alpha value is -1.27. The van der Waals surface area contributed by atoms with Crippen LogP contribution in [0.25, 0.3) is 0 Å². The Kier molecular flexibility index (Phi) is 3.54. The molecular weight excluding hydrogens is 220 g/mol. The number of para-hydroxylation sites is 1. The summed E-state index contributed by atoms with van der Waals surface area (Å²) in [7, 11) is -2.90. The fourth-order valence-electron chi connectivity index (χ4n) is 1.15. The molecule has 0 fully saturated rings. The molecule has 0 aliphatic carbocycles. The molecule has 0 bridgehead atoms. The number of benzene rings is 1. The molecular formula is C9H12O5S. The molecule has 0 radical (unpaired) electrons. The van der Waals surface area contributed by atoms with Crippen LogP contribution in [0.2, 0.25) is 0 Å². The van der Waals surface area contributed by atoms with Crippen LogP contribution in [0.15, 0.2) is 23.1 Å². The first-order valence-corrected chi connectivity index (χ1v) is 5.72. The van der Waals surface area contributed by atoms with Gasteiger partial charge in [0.2, 0.25) is 0 Å². The maximum Gasteiger partial charge on any atom is 0.298 e. The van der Waals surface area contributed by atoms with Crippen molar-refractivity contribution >= 4 is 10.1 Å². The third-order valence-corrected chi connectivity index (χ3v) is 2.61. The highest BCUT2D eigenvalue weighted by Gasteiger charge is 2.19. The highest BCUT2D eigenvalue weighted by atomic mass is 32.2. The third-order valence-electron chi connectivity index (χ3n) is 1.73. The van der Waals surface area contributed by atoms with Gasteiger partial charge in [-0.15, -0.1) is 0 Å². The molecule has 1 rings (SSSR count). The van der Waals surface area contributed by atoms with Gasteiger partial charge in [0.1, 0.15) is 4.90 Å². The second kappa shape index (κ2) is 4.50. The van der Waals surface area contributed by atoms with E-state index in [-0.39, 0.29) is 23.0 Å². The van der Waals surface area contributed by atoms with Crippen molar-refractivity contribution in [1.82, 2.24) is 0 Å². The summed E-state index contributed by atoms with van der Waals surface area (Å²) in [5, 5.41) is 0. The highest BCUT2D eigenvalue weighted by Crippen LogP contribution is 2.33. The van der Waals surface area contributed by atoms with Crippen LogP contribution >= 0.6 is 0 Å². The summed E-state index contributed by atoms with van der Waals surface area (Å²) in [5.41, 5.74) is 0. The first kappa shape index (κ1) is 11.8. The van der Waals surface area contributed by atoms with E-state index in [1.54, 1.807) is 13.0 Å². The first-order chi connectivity index (χ1) is 7.00.